The van der Waals surface area contributed by atoms with Crippen molar-refractivity contribution in [2.24, 2.45) is 28.5 Å². The van der Waals surface area contributed by atoms with Gasteiger partial charge in [-0.2, -0.15) is 0 Å². The van der Waals surface area contributed by atoms with E-state index >= 15 is 0 Å². The lowest BCUT2D eigenvalue weighted by Gasteiger charge is -2.27. The van der Waals surface area contributed by atoms with E-state index in [2.05, 4.69) is 24.2 Å². The monoisotopic (exact) mass is 226 g/mol. The molecule has 0 amide bonds. The van der Waals surface area contributed by atoms with Gasteiger partial charge in [-0.25, -0.2) is 4.99 Å². The van der Waals surface area contributed by atoms with Gasteiger partial charge in [-0.1, -0.05) is 33.1 Å². The maximum Gasteiger partial charge on any atom is 0.171 e. The van der Waals surface area contributed by atoms with Crippen LogP contribution in [0, 0.1) is 17.8 Å². The molecule has 1 aliphatic rings. The number of hydrogen-bond donors (Lipinski definition) is 2. The molecule has 0 bridgehead atoms. The molecule has 1 saturated carbocycles. The first kappa shape index (κ1) is 13.5. The fraction of sp³-hybridized carbons (Fsp3) is 0.923. The predicted octanol–water partition coefficient (Wildman–Crippen LogP) is 1.35. The molecule has 1 rings (SSSR count). The Labute approximate surface area is 99.9 Å². The highest BCUT2D eigenvalue weighted by atomic mass is 15.0. The van der Waals surface area contributed by atoms with E-state index in [1.165, 1.54) is 45.0 Å². The highest BCUT2D eigenvalue weighted by Gasteiger charge is 2.27. The van der Waals surface area contributed by atoms with Crippen LogP contribution in [-0.4, -0.2) is 19.6 Å². The Morgan fingerprint density at radius 1 is 1.31 bits per heavy atom. The number of hydrogen-bond acceptors (Lipinski definition) is 1. The van der Waals surface area contributed by atoms with Crippen LogP contribution >= 0.6 is 0 Å². The van der Waals surface area contributed by atoms with E-state index in [0.717, 1.165) is 24.4 Å². The molecular weight excluding hydrogens is 198 g/mol. The number of nitrogens with two attached hydrogens (primary N) is 2. The van der Waals surface area contributed by atoms with Crippen LogP contribution in [0.15, 0.2) is 4.99 Å². The lowest BCUT2D eigenvalue weighted by atomic mass is 9.80. The Hall–Kier alpha value is -0.570. The first-order valence-corrected chi connectivity index (χ1v) is 6.77. The summed E-state index contributed by atoms with van der Waals surface area (Å²) < 4.78 is 0. The summed E-state index contributed by atoms with van der Waals surface area (Å²) in [6.45, 7) is 6.76. The fourth-order valence-corrected chi connectivity index (χ4v) is 3.01. The quantitative estimate of drug-likeness (QED) is 0.316. The van der Waals surface area contributed by atoms with Gasteiger partial charge < -0.3 is 11.1 Å². The molecule has 3 nitrogen and oxygen atoms in total. The zero-order valence-corrected chi connectivity index (χ0v) is 10.9. The van der Waals surface area contributed by atoms with Crippen molar-refractivity contribution in [2.45, 2.75) is 46.0 Å². The molecule has 4 N–H and O–H groups in total. The summed E-state index contributed by atoms with van der Waals surface area (Å²) in [6, 6.07) is 0. The molecule has 0 aromatic rings. The maximum atomic E-state index is 5.24. The van der Waals surface area contributed by atoms with Crippen LogP contribution in [0.5, 0.6) is 0 Å². The van der Waals surface area contributed by atoms with Gasteiger partial charge in [-0.05, 0) is 24.7 Å². The van der Waals surface area contributed by atoms with E-state index in [-0.39, 0.29) is 0 Å². The zero-order valence-electron chi connectivity index (χ0n) is 10.9. The van der Waals surface area contributed by atoms with Crippen molar-refractivity contribution >= 4 is 6.34 Å². The van der Waals surface area contributed by atoms with Crippen LogP contribution in [0.4, 0.5) is 0 Å². The second-order valence-corrected chi connectivity index (χ2v) is 5.34. The number of quaternary nitrogens is 1. The summed E-state index contributed by atoms with van der Waals surface area (Å²) in [5.41, 5.74) is 5.24. The number of nitrogens with zero attached hydrogens (tertiary/aromatic N) is 1. The van der Waals surface area contributed by atoms with Crippen molar-refractivity contribution in [3.63, 3.8) is 0 Å². The average molecular weight is 226 g/mol. The Bertz CT molecular complexity index is 201. The van der Waals surface area contributed by atoms with Gasteiger partial charge in [-0.3, -0.25) is 0 Å². The Balaban J connectivity index is 2.38. The Morgan fingerprint density at radius 2 is 2.06 bits per heavy atom. The minimum atomic E-state index is 0.789. The third kappa shape index (κ3) is 4.52. The molecule has 94 valence electrons. The second kappa shape index (κ2) is 7.66. The molecule has 2 atom stereocenters. The summed E-state index contributed by atoms with van der Waals surface area (Å²) >= 11 is 0. The van der Waals surface area contributed by atoms with Crippen molar-refractivity contribution in [3.8, 4) is 0 Å². The van der Waals surface area contributed by atoms with E-state index in [4.69, 9.17) is 5.73 Å². The highest BCUT2D eigenvalue weighted by Crippen LogP contribution is 2.32. The molecular formula is C13H28N3+. The third-order valence-corrected chi connectivity index (χ3v) is 3.88. The summed E-state index contributed by atoms with van der Waals surface area (Å²) in [7, 11) is 0. The van der Waals surface area contributed by atoms with Gasteiger partial charge in [0.2, 0.25) is 0 Å². The topological polar surface area (TPSA) is 55.0 Å². The smallest absolute Gasteiger partial charge is 0.171 e. The molecule has 3 heteroatoms. The van der Waals surface area contributed by atoms with Gasteiger partial charge in [0, 0.05) is 5.92 Å². The number of aliphatic imine (C=N–C) groups is 1. The lowest BCUT2D eigenvalue weighted by molar-refractivity contribution is -0.660. The van der Waals surface area contributed by atoms with Crippen molar-refractivity contribution in [2.75, 3.05) is 13.2 Å². The largest absolute Gasteiger partial charge is 0.390 e. The van der Waals surface area contributed by atoms with E-state index in [0.29, 0.717) is 0 Å². The molecule has 1 fully saturated rings. The normalized spacial score (nSPS) is 27.4. The molecule has 0 aliphatic heterocycles. The van der Waals surface area contributed by atoms with Gasteiger partial charge in [-0.15, -0.1) is 0 Å². The molecule has 0 aromatic heterocycles. The van der Waals surface area contributed by atoms with Crippen LogP contribution < -0.4 is 11.1 Å². The van der Waals surface area contributed by atoms with E-state index in [1.54, 1.807) is 0 Å². The van der Waals surface area contributed by atoms with Gasteiger partial charge in [0.1, 0.15) is 0 Å². The van der Waals surface area contributed by atoms with Crippen molar-refractivity contribution in [1.29, 1.82) is 0 Å². The lowest BCUT2D eigenvalue weighted by Crippen LogP contribution is -2.85. The molecule has 0 saturated heterocycles. The fourth-order valence-electron chi connectivity index (χ4n) is 3.01. The van der Waals surface area contributed by atoms with Gasteiger partial charge in [0.25, 0.3) is 0 Å². The average Bonchev–Trinajstić information content (AvgIpc) is 2.49. The summed E-state index contributed by atoms with van der Waals surface area (Å²) in [5, 5.41) is 2.30. The Morgan fingerprint density at radius 3 is 2.75 bits per heavy atom. The number of rotatable bonds is 5. The van der Waals surface area contributed by atoms with Crippen LogP contribution in [-0.2, 0) is 0 Å². The van der Waals surface area contributed by atoms with Crippen LogP contribution in [0.1, 0.15) is 46.0 Å². The Kier molecular flexibility index (Phi) is 6.46. The van der Waals surface area contributed by atoms with Crippen LogP contribution in [0.3, 0.4) is 0 Å². The molecule has 0 heterocycles. The molecule has 16 heavy (non-hydrogen) atoms. The predicted molar refractivity (Wildman–Crippen MR) is 69.2 cm³/mol. The molecule has 0 spiro atoms. The maximum absolute atomic E-state index is 5.24. The molecule has 0 aromatic carbocycles. The van der Waals surface area contributed by atoms with E-state index < -0.39 is 0 Å². The zero-order chi connectivity index (χ0) is 11.8. The molecule has 1 aliphatic carbocycles. The van der Waals surface area contributed by atoms with E-state index in [9.17, 15) is 0 Å². The van der Waals surface area contributed by atoms with Crippen LogP contribution in [0.2, 0.25) is 0 Å². The minimum Gasteiger partial charge on any atom is -0.390 e. The minimum absolute atomic E-state index is 0.789. The van der Waals surface area contributed by atoms with Crippen molar-refractivity contribution in [1.82, 2.24) is 0 Å². The van der Waals surface area contributed by atoms with Crippen LogP contribution in [0.25, 0.3) is 0 Å². The summed E-state index contributed by atoms with van der Waals surface area (Å²) in [6.07, 6.45) is 8.52. The van der Waals surface area contributed by atoms with Gasteiger partial charge in [0.05, 0.1) is 12.9 Å². The van der Waals surface area contributed by atoms with Gasteiger partial charge in [0.15, 0.2) is 6.67 Å². The first-order valence-electron chi connectivity index (χ1n) is 6.77. The van der Waals surface area contributed by atoms with Crippen molar-refractivity contribution in [3.05, 3.63) is 0 Å². The highest BCUT2D eigenvalue weighted by molar-refractivity contribution is 5.50. The molecule has 2 unspecified atom stereocenters. The SMILES string of the molecule is CC(C)C1CCCCCC1C[NH2+]C/N=C\N. The summed E-state index contributed by atoms with van der Waals surface area (Å²) in [4.78, 5) is 4.05. The van der Waals surface area contributed by atoms with E-state index in [1.807, 2.05) is 0 Å². The molecule has 0 radical (unpaired) electrons. The van der Waals surface area contributed by atoms with Crippen molar-refractivity contribution < 1.29 is 5.32 Å². The first-order chi connectivity index (χ1) is 7.75. The van der Waals surface area contributed by atoms with Gasteiger partial charge >= 0.3 is 0 Å². The second-order valence-electron chi connectivity index (χ2n) is 5.34. The summed E-state index contributed by atoms with van der Waals surface area (Å²) in [5.74, 6) is 2.63. The standard InChI is InChI=1S/C13H27N3/c1-11(2)13-7-5-3-4-6-12(13)8-15-10-16-9-14/h9,11-13,15H,3-8,10H2,1-2H3,(H2,14,16)/p+1. The third-order valence-electron chi connectivity index (χ3n) is 3.88.